The van der Waals surface area contributed by atoms with E-state index in [9.17, 15) is 14.4 Å². The van der Waals surface area contributed by atoms with E-state index >= 15 is 0 Å². The van der Waals surface area contributed by atoms with Crippen molar-refractivity contribution in [1.82, 2.24) is 0 Å². The molecule has 7 heteroatoms. The van der Waals surface area contributed by atoms with Crippen LogP contribution in [-0.4, -0.2) is 30.6 Å². The third-order valence-corrected chi connectivity index (χ3v) is 7.07. The number of aryl methyl sites for hydroxylation is 2. The third-order valence-electron chi connectivity index (χ3n) is 5.82. The fourth-order valence-corrected chi connectivity index (χ4v) is 5.00. The summed E-state index contributed by atoms with van der Waals surface area (Å²) >= 11 is 3.48. The molecule has 1 N–H and O–H groups in total. The van der Waals surface area contributed by atoms with E-state index < -0.39 is 17.8 Å². The molecule has 2 saturated carbocycles. The van der Waals surface area contributed by atoms with E-state index in [0.717, 1.165) is 28.4 Å². The van der Waals surface area contributed by atoms with Gasteiger partial charge in [-0.2, -0.15) is 0 Å². The van der Waals surface area contributed by atoms with E-state index in [-0.39, 0.29) is 36.4 Å². The quantitative estimate of drug-likeness (QED) is 0.755. The summed E-state index contributed by atoms with van der Waals surface area (Å²) < 4.78 is 11.6. The molecule has 2 aliphatic carbocycles. The standard InChI is InChI=1S/C19H20BrNO5/c1-8-3-11(4-9(2)17(8)20)21-14(22)7-25-18(23)15-10-5-12-13(6-10)26-19(24)16(12)15/h3-4,10,12-13,15-16H,5-7H2,1-2H3,(H,21,22)/t10-,12+,13-,15-,16+/m1/s1. The normalized spacial score (nSPS) is 31.0. The highest BCUT2D eigenvalue weighted by molar-refractivity contribution is 9.10. The Morgan fingerprint density at radius 2 is 1.96 bits per heavy atom. The zero-order valence-corrected chi connectivity index (χ0v) is 16.2. The van der Waals surface area contributed by atoms with E-state index in [4.69, 9.17) is 9.47 Å². The highest BCUT2D eigenvalue weighted by Gasteiger charge is 2.64. The number of carbonyl (C=O) groups is 3. The summed E-state index contributed by atoms with van der Waals surface area (Å²) in [5, 5.41) is 2.74. The highest BCUT2D eigenvalue weighted by Crippen LogP contribution is 2.57. The topological polar surface area (TPSA) is 81.7 Å². The second kappa shape index (κ2) is 6.37. The Labute approximate surface area is 159 Å². The minimum Gasteiger partial charge on any atom is -0.462 e. The van der Waals surface area contributed by atoms with E-state index in [0.29, 0.717) is 5.69 Å². The average molecular weight is 422 g/mol. The number of halogens is 1. The number of amides is 1. The number of rotatable bonds is 4. The van der Waals surface area contributed by atoms with Crippen LogP contribution in [0.5, 0.6) is 0 Å². The number of nitrogens with one attached hydrogen (secondary N) is 1. The molecule has 3 aliphatic rings. The molecule has 5 atom stereocenters. The Kier molecular flexibility index (Phi) is 4.29. The highest BCUT2D eigenvalue weighted by atomic mass is 79.9. The van der Waals surface area contributed by atoms with Gasteiger partial charge in [-0.25, -0.2) is 0 Å². The number of ether oxygens (including phenoxy) is 2. The number of esters is 2. The number of hydrogen-bond acceptors (Lipinski definition) is 5. The number of hydrogen-bond donors (Lipinski definition) is 1. The van der Waals surface area contributed by atoms with Crippen LogP contribution in [0.3, 0.4) is 0 Å². The van der Waals surface area contributed by atoms with E-state index in [2.05, 4.69) is 21.2 Å². The lowest BCUT2D eigenvalue weighted by Gasteiger charge is -2.22. The van der Waals surface area contributed by atoms with Crippen LogP contribution in [0, 0.1) is 37.5 Å². The van der Waals surface area contributed by atoms with Crippen molar-refractivity contribution in [3.63, 3.8) is 0 Å². The van der Waals surface area contributed by atoms with E-state index in [1.807, 2.05) is 26.0 Å². The van der Waals surface area contributed by atoms with Crippen molar-refractivity contribution in [3.05, 3.63) is 27.7 Å². The van der Waals surface area contributed by atoms with Crippen molar-refractivity contribution in [3.8, 4) is 0 Å². The molecule has 3 fully saturated rings. The maximum Gasteiger partial charge on any atom is 0.310 e. The van der Waals surface area contributed by atoms with Gasteiger partial charge in [0, 0.05) is 16.1 Å². The van der Waals surface area contributed by atoms with Crippen LogP contribution < -0.4 is 5.32 Å². The number of anilines is 1. The molecule has 26 heavy (non-hydrogen) atoms. The Morgan fingerprint density at radius 3 is 2.65 bits per heavy atom. The largest absolute Gasteiger partial charge is 0.462 e. The Balaban J connectivity index is 1.35. The molecule has 1 aliphatic heterocycles. The molecule has 1 aromatic rings. The lowest BCUT2D eigenvalue weighted by atomic mass is 9.80. The van der Waals surface area contributed by atoms with Crippen LogP contribution in [0.15, 0.2) is 16.6 Å². The molecular weight excluding hydrogens is 402 g/mol. The lowest BCUT2D eigenvalue weighted by molar-refractivity contribution is -0.157. The van der Waals surface area contributed by atoms with Gasteiger partial charge in [0.05, 0.1) is 11.8 Å². The first-order valence-electron chi connectivity index (χ1n) is 8.79. The summed E-state index contributed by atoms with van der Waals surface area (Å²) in [4.78, 5) is 36.6. The zero-order chi connectivity index (χ0) is 18.6. The van der Waals surface area contributed by atoms with Gasteiger partial charge in [0.1, 0.15) is 6.10 Å². The van der Waals surface area contributed by atoms with Crippen molar-refractivity contribution >= 4 is 39.5 Å². The third kappa shape index (κ3) is 2.82. The minimum atomic E-state index is -0.462. The van der Waals surface area contributed by atoms with Crippen LogP contribution in [0.25, 0.3) is 0 Å². The smallest absolute Gasteiger partial charge is 0.310 e. The van der Waals surface area contributed by atoms with Crippen LogP contribution >= 0.6 is 15.9 Å². The lowest BCUT2D eigenvalue weighted by Crippen LogP contribution is -2.34. The molecule has 1 amide bonds. The first-order chi connectivity index (χ1) is 12.3. The van der Waals surface area contributed by atoms with Gasteiger partial charge in [0.15, 0.2) is 6.61 Å². The molecule has 0 radical (unpaired) electrons. The number of benzene rings is 1. The second-order valence-corrected chi connectivity index (χ2v) is 8.30. The molecule has 2 bridgehead atoms. The first kappa shape index (κ1) is 17.5. The van der Waals surface area contributed by atoms with Gasteiger partial charge in [0.2, 0.25) is 0 Å². The van der Waals surface area contributed by atoms with Crippen molar-refractivity contribution in [2.75, 3.05) is 11.9 Å². The molecule has 0 aromatic heterocycles. The van der Waals surface area contributed by atoms with Gasteiger partial charge in [0.25, 0.3) is 5.91 Å². The first-order valence-corrected chi connectivity index (χ1v) is 9.58. The van der Waals surface area contributed by atoms with Crippen LogP contribution in [0.2, 0.25) is 0 Å². The van der Waals surface area contributed by atoms with Gasteiger partial charge >= 0.3 is 11.9 Å². The van der Waals surface area contributed by atoms with Gasteiger partial charge in [-0.3, -0.25) is 14.4 Å². The van der Waals surface area contributed by atoms with Crippen molar-refractivity contribution in [1.29, 1.82) is 0 Å². The average Bonchev–Trinajstić information content (AvgIpc) is 3.19. The summed E-state index contributed by atoms with van der Waals surface area (Å²) in [6, 6.07) is 3.70. The van der Waals surface area contributed by atoms with Crippen molar-refractivity contribution < 1.29 is 23.9 Å². The fraction of sp³-hybridized carbons (Fsp3) is 0.526. The molecule has 0 unspecified atom stereocenters. The summed E-state index contributed by atoms with van der Waals surface area (Å²) in [5.74, 6) is -1.71. The summed E-state index contributed by atoms with van der Waals surface area (Å²) in [5.41, 5.74) is 2.67. The molecule has 4 rings (SSSR count). The molecule has 138 valence electrons. The molecule has 1 aromatic carbocycles. The van der Waals surface area contributed by atoms with Gasteiger partial charge in [-0.05, 0) is 55.9 Å². The second-order valence-electron chi connectivity index (χ2n) is 7.50. The monoisotopic (exact) mass is 421 g/mol. The molecule has 1 heterocycles. The molecule has 6 nitrogen and oxygen atoms in total. The Hall–Kier alpha value is -1.89. The zero-order valence-electron chi connectivity index (χ0n) is 14.6. The summed E-state index contributed by atoms with van der Waals surface area (Å²) in [6.45, 7) is 3.53. The van der Waals surface area contributed by atoms with Crippen LogP contribution in [0.1, 0.15) is 24.0 Å². The molecule has 0 spiro atoms. The van der Waals surface area contributed by atoms with Crippen LogP contribution in [0.4, 0.5) is 5.69 Å². The number of fused-ring (bicyclic) bond motifs is 1. The summed E-state index contributed by atoms with van der Waals surface area (Å²) in [7, 11) is 0. The maximum atomic E-state index is 12.5. The van der Waals surface area contributed by atoms with Crippen molar-refractivity contribution in [2.24, 2.45) is 23.7 Å². The van der Waals surface area contributed by atoms with E-state index in [1.54, 1.807) is 0 Å². The minimum absolute atomic E-state index is 0.0197. The Bertz CT molecular complexity index is 782. The van der Waals surface area contributed by atoms with Crippen molar-refractivity contribution in [2.45, 2.75) is 32.8 Å². The van der Waals surface area contributed by atoms with Crippen LogP contribution in [-0.2, 0) is 23.9 Å². The molecule has 1 saturated heterocycles. The van der Waals surface area contributed by atoms with Gasteiger partial charge < -0.3 is 14.8 Å². The Morgan fingerprint density at radius 1 is 1.27 bits per heavy atom. The maximum absolute atomic E-state index is 12.5. The molecular formula is C19H20BrNO5. The number of carbonyl (C=O) groups excluding carboxylic acids is 3. The van der Waals surface area contributed by atoms with Gasteiger partial charge in [-0.1, -0.05) is 15.9 Å². The summed E-state index contributed by atoms with van der Waals surface area (Å²) in [6.07, 6.45) is 1.55. The van der Waals surface area contributed by atoms with E-state index in [1.165, 1.54) is 0 Å². The predicted octanol–water partition coefficient (Wildman–Crippen LogP) is 2.75. The fourth-order valence-electron chi connectivity index (χ4n) is 4.77. The van der Waals surface area contributed by atoms with Gasteiger partial charge in [-0.15, -0.1) is 0 Å². The SMILES string of the molecule is Cc1cc(NC(=O)COC(=O)[C@@H]2[C@@H]3C[C@@H]4[C@@H]2C(=O)O[C@@H]4C3)cc(C)c1Br. The predicted molar refractivity (Wildman–Crippen MR) is 96.3 cm³/mol.